The third-order valence-corrected chi connectivity index (χ3v) is 10.9. The second kappa shape index (κ2) is 13.3. The van der Waals surface area contributed by atoms with Crippen LogP contribution in [0.15, 0.2) is 53.0 Å². The molecule has 1 aromatic heterocycles. The van der Waals surface area contributed by atoms with Gasteiger partial charge in [0.1, 0.15) is 11.9 Å². The van der Waals surface area contributed by atoms with Gasteiger partial charge in [0.2, 0.25) is 5.91 Å². The lowest BCUT2D eigenvalue weighted by molar-refractivity contribution is -0.147. The van der Waals surface area contributed by atoms with Crippen molar-refractivity contribution in [3.63, 3.8) is 0 Å². The Balaban J connectivity index is 1.31. The van der Waals surface area contributed by atoms with Crippen LogP contribution in [-0.2, 0) is 27.0 Å². The molecule has 1 aliphatic carbocycles. The molecular weight excluding hydrogens is 704 g/mol. The highest BCUT2D eigenvalue weighted by molar-refractivity contribution is 9.10. The normalized spacial score (nSPS) is 27.9. The SMILES string of the molecule is O=C1C[C@]2(C(=O)O)C[C@H]2/C=C\CCCCC[C@H](Cc2cc(F)cc(C(F)(F)F)c2)C(=O)N2C[C@H](Oc3nc4ccc(Br)cc4s3)C[C@@H]12. The van der Waals surface area contributed by atoms with E-state index in [0.717, 1.165) is 39.7 Å². The Morgan fingerprint density at radius 2 is 1.96 bits per heavy atom. The van der Waals surface area contributed by atoms with Crippen molar-refractivity contribution in [3.8, 4) is 5.19 Å². The van der Waals surface area contributed by atoms with Gasteiger partial charge in [0.15, 0.2) is 5.78 Å². The number of Topliss-reactive ketones (excluding diaryl/α,β-unsaturated/α-hetero) is 1. The highest BCUT2D eigenvalue weighted by Gasteiger charge is 2.61. The molecule has 0 spiro atoms. The first-order valence-electron chi connectivity index (χ1n) is 15.6. The molecule has 47 heavy (non-hydrogen) atoms. The predicted molar refractivity (Wildman–Crippen MR) is 170 cm³/mol. The number of alkyl halides is 3. The minimum Gasteiger partial charge on any atom is -0.481 e. The molecule has 250 valence electrons. The Bertz CT molecular complexity index is 1730. The van der Waals surface area contributed by atoms with Crippen molar-refractivity contribution < 1.29 is 41.8 Å². The van der Waals surface area contributed by atoms with E-state index in [1.165, 1.54) is 16.2 Å². The minimum atomic E-state index is -4.76. The van der Waals surface area contributed by atoms with E-state index in [9.17, 15) is 37.1 Å². The maximum atomic E-state index is 14.3. The second-order valence-corrected chi connectivity index (χ2v) is 14.7. The Hall–Kier alpha value is -3.32. The number of carbonyl (C=O) groups excluding carboxylic acids is 2. The van der Waals surface area contributed by atoms with Gasteiger partial charge in [-0.1, -0.05) is 52.3 Å². The van der Waals surface area contributed by atoms with Crippen LogP contribution >= 0.6 is 27.3 Å². The van der Waals surface area contributed by atoms with Gasteiger partial charge in [-0.25, -0.2) is 9.37 Å². The van der Waals surface area contributed by atoms with Crippen molar-refractivity contribution in [2.75, 3.05) is 6.54 Å². The minimum absolute atomic E-state index is 0.0196. The second-order valence-electron chi connectivity index (χ2n) is 12.8. The number of fused-ring (bicyclic) bond motifs is 3. The summed E-state index contributed by atoms with van der Waals surface area (Å²) in [5.41, 5.74) is -1.61. The van der Waals surface area contributed by atoms with Crippen LogP contribution in [-0.4, -0.2) is 51.3 Å². The van der Waals surface area contributed by atoms with Crippen LogP contribution in [0.4, 0.5) is 17.6 Å². The van der Waals surface area contributed by atoms with E-state index in [0.29, 0.717) is 36.9 Å². The van der Waals surface area contributed by atoms with Gasteiger partial charge < -0.3 is 14.7 Å². The number of carboxylic acids is 1. The zero-order chi connectivity index (χ0) is 33.5. The first-order chi connectivity index (χ1) is 22.3. The number of hydrogen-bond donors (Lipinski definition) is 1. The smallest absolute Gasteiger partial charge is 0.416 e. The highest BCUT2D eigenvalue weighted by Crippen LogP contribution is 2.57. The number of rotatable bonds is 5. The molecule has 2 aromatic carbocycles. The van der Waals surface area contributed by atoms with Crippen LogP contribution in [0.1, 0.15) is 62.5 Å². The number of aromatic nitrogens is 1. The standard InChI is InChI=1S/C34H33BrF4N2O5S/c35-23-8-9-26-29(14-23)47-32(40-26)46-25-15-27-28(42)17-33(31(44)45)16-21(33)7-5-3-1-2-4-6-20(30(43)41(27)18-25)10-19-11-22(34(37,38)39)13-24(36)12-19/h5,7-9,11-14,20-21,25,27H,1-4,6,10,15-18H2,(H,44,45)/b7-5-/t20-,21-,25-,27+,33-/m1/s1. The number of thiazole rings is 1. The predicted octanol–water partition coefficient (Wildman–Crippen LogP) is 7.99. The van der Waals surface area contributed by atoms with Crippen LogP contribution in [0.2, 0.25) is 0 Å². The molecule has 1 saturated heterocycles. The summed E-state index contributed by atoms with van der Waals surface area (Å²) in [5, 5.41) is 10.5. The first-order valence-corrected chi connectivity index (χ1v) is 17.3. The highest BCUT2D eigenvalue weighted by atomic mass is 79.9. The lowest BCUT2D eigenvalue weighted by Crippen LogP contribution is -2.45. The Morgan fingerprint density at radius 1 is 1.15 bits per heavy atom. The molecule has 2 fully saturated rings. The van der Waals surface area contributed by atoms with Crippen LogP contribution in [0.3, 0.4) is 0 Å². The van der Waals surface area contributed by atoms with Gasteiger partial charge in [-0.15, -0.1) is 0 Å². The molecule has 2 aliphatic heterocycles. The van der Waals surface area contributed by atoms with E-state index in [1.807, 2.05) is 30.4 Å². The average Bonchev–Trinajstić information content (AvgIpc) is 3.32. The molecule has 0 unspecified atom stereocenters. The number of hydrogen-bond acceptors (Lipinski definition) is 6. The number of nitrogens with zero attached hydrogens (tertiary/aromatic N) is 2. The lowest BCUT2D eigenvalue weighted by atomic mass is 9.90. The van der Waals surface area contributed by atoms with E-state index < -0.39 is 58.7 Å². The summed E-state index contributed by atoms with van der Waals surface area (Å²) in [5.74, 6) is -4.04. The number of benzene rings is 2. The maximum Gasteiger partial charge on any atom is 0.416 e. The summed E-state index contributed by atoms with van der Waals surface area (Å²) in [4.78, 5) is 46.6. The number of ether oxygens (including phenoxy) is 1. The first kappa shape index (κ1) is 33.6. The Labute approximate surface area is 281 Å². The molecule has 3 aliphatic rings. The number of amides is 1. The Morgan fingerprint density at radius 3 is 2.72 bits per heavy atom. The molecule has 0 bridgehead atoms. The lowest BCUT2D eigenvalue weighted by Gasteiger charge is -2.29. The molecule has 3 heterocycles. The zero-order valence-corrected chi connectivity index (χ0v) is 27.7. The largest absolute Gasteiger partial charge is 0.481 e. The molecule has 5 atom stereocenters. The van der Waals surface area contributed by atoms with Crippen LogP contribution in [0.5, 0.6) is 5.19 Å². The van der Waals surface area contributed by atoms with Gasteiger partial charge in [0.25, 0.3) is 5.19 Å². The van der Waals surface area contributed by atoms with E-state index in [2.05, 4.69) is 20.9 Å². The molecule has 0 radical (unpaired) electrons. The van der Waals surface area contributed by atoms with Crippen LogP contribution in [0, 0.1) is 23.1 Å². The molecule has 13 heteroatoms. The van der Waals surface area contributed by atoms with Crippen molar-refractivity contribution in [1.29, 1.82) is 0 Å². The molecule has 3 aromatic rings. The fourth-order valence-electron chi connectivity index (χ4n) is 6.90. The van der Waals surface area contributed by atoms with E-state index in [4.69, 9.17) is 4.74 Å². The average molecular weight is 738 g/mol. The number of halogens is 5. The van der Waals surface area contributed by atoms with Gasteiger partial charge in [-0.3, -0.25) is 14.4 Å². The molecule has 1 amide bonds. The summed E-state index contributed by atoms with van der Waals surface area (Å²) >= 11 is 4.75. The maximum absolute atomic E-state index is 14.3. The van der Waals surface area contributed by atoms with Gasteiger partial charge >= 0.3 is 12.1 Å². The van der Waals surface area contributed by atoms with E-state index in [1.54, 1.807) is 0 Å². The van der Waals surface area contributed by atoms with Gasteiger partial charge in [-0.05, 0) is 80.0 Å². The quantitative estimate of drug-likeness (QED) is 0.211. The molecule has 7 nitrogen and oxygen atoms in total. The van der Waals surface area contributed by atoms with Gasteiger partial charge in [0.05, 0.1) is 33.8 Å². The molecular formula is C34H33BrF4N2O5S. The fraction of sp³-hybridized carbons (Fsp3) is 0.471. The van der Waals surface area contributed by atoms with Crippen LogP contribution in [0.25, 0.3) is 10.2 Å². The van der Waals surface area contributed by atoms with Gasteiger partial charge in [0, 0.05) is 23.2 Å². The van der Waals surface area contributed by atoms with Crippen molar-refractivity contribution >= 4 is 55.1 Å². The van der Waals surface area contributed by atoms with Gasteiger partial charge in [-0.2, -0.15) is 13.2 Å². The molecule has 1 N–H and O–H groups in total. The van der Waals surface area contributed by atoms with Crippen molar-refractivity contribution in [2.24, 2.45) is 17.3 Å². The summed E-state index contributed by atoms with van der Waals surface area (Å²) in [6.45, 7) is 0.0196. The van der Waals surface area contributed by atoms with E-state index >= 15 is 0 Å². The Kier molecular flexibility index (Phi) is 9.50. The topological polar surface area (TPSA) is 96.8 Å². The number of carboxylic acid groups (broad SMARTS) is 1. The fourth-order valence-corrected chi connectivity index (χ4v) is 8.33. The van der Waals surface area contributed by atoms with Crippen molar-refractivity contribution in [3.05, 3.63) is 70.0 Å². The van der Waals surface area contributed by atoms with Crippen molar-refractivity contribution in [1.82, 2.24) is 9.88 Å². The van der Waals surface area contributed by atoms with Crippen molar-refractivity contribution in [2.45, 2.75) is 76.1 Å². The third kappa shape index (κ3) is 7.40. The number of aliphatic carboxylic acids is 1. The third-order valence-electron chi connectivity index (χ3n) is 9.47. The zero-order valence-electron chi connectivity index (χ0n) is 25.3. The number of ketones is 1. The molecule has 1 saturated carbocycles. The van der Waals surface area contributed by atoms with E-state index in [-0.39, 0.29) is 37.3 Å². The monoisotopic (exact) mass is 736 g/mol. The summed E-state index contributed by atoms with van der Waals surface area (Å²) in [6.07, 6.45) is 1.63. The van der Waals surface area contributed by atoms with Crippen LogP contribution < -0.4 is 4.74 Å². The molecule has 6 rings (SSSR count). The summed E-state index contributed by atoms with van der Waals surface area (Å²) in [6, 6.07) is 6.91. The summed E-state index contributed by atoms with van der Waals surface area (Å²) < 4.78 is 62.8. The number of allylic oxidation sites excluding steroid dienone is 2. The summed E-state index contributed by atoms with van der Waals surface area (Å²) in [7, 11) is 0. The number of carbonyl (C=O) groups is 3.